The largest absolute Gasteiger partial charge is 0.392 e. The molecular formula is C16H24N2O2S. The van der Waals surface area contributed by atoms with Crippen LogP contribution in [0.2, 0.25) is 0 Å². The number of thioether (sulfide) groups is 1. The van der Waals surface area contributed by atoms with Crippen LogP contribution in [0.3, 0.4) is 0 Å². The van der Waals surface area contributed by atoms with Crippen molar-refractivity contribution in [3.63, 3.8) is 0 Å². The van der Waals surface area contributed by atoms with Crippen LogP contribution in [0.4, 0.5) is 4.79 Å². The van der Waals surface area contributed by atoms with Crippen LogP contribution in [0, 0.1) is 5.92 Å². The second-order valence-electron chi connectivity index (χ2n) is 5.98. The minimum Gasteiger partial charge on any atom is -0.392 e. The van der Waals surface area contributed by atoms with E-state index in [-0.39, 0.29) is 11.3 Å². The molecule has 5 heteroatoms. The summed E-state index contributed by atoms with van der Waals surface area (Å²) < 4.78 is 0. The lowest BCUT2D eigenvalue weighted by atomic mass is 9.96. The van der Waals surface area contributed by atoms with E-state index in [1.165, 1.54) is 17.3 Å². The van der Waals surface area contributed by atoms with Gasteiger partial charge in [0.2, 0.25) is 0 Å². The summed E-state index contributed by atoms with van der Waals surface area (Å²) in [5, 5.41) is 10.0. The number of rotatable bonds is 3. The van der Waals surface area contributed by atoms with Crippen molar-refractivity contribution in [2.75, 3.05) is 27.2 Å². The summed E-state index contributed by atoms with van der Waals surface area (Å²) in [6.45, 7) is 4.68. The van der Waals surface area contributed by atoms with E-state index in [9.17, 15) is 9.90 Å². The summed E-state index contributed by atoms with van der Waals surface area (Å²) in [5.74, 6) is 0.390. The summed E-state index contributed by atoms with van der Waals surface area (Å²) in [6.07, 6.45) is 0.806. The summed E-state index contributed by atoms with van der Waals surface area (Å²) in [5.41, 5.74) is 1.19. The molecule has 1 aromatic rings. The Labute approximate surface area is 131 Å². The first kappa shape index (κ1) is 16.3. The molecule has 1 fully saturated rings. The highest BCUT2D eigenvalue weighted by Crippen LogP contribution is 2.23. The molecule has 0 aliphatic carbocycles. The van der Waals surface area contributed by atoms with E-state index in [2.05, 4.69) is 24.0 Å². The van der Waals surface area contributed by atoms with Crippen LogP contribution >= 0.6 is 11.8 Å². The molecule has 116 valence electrons. The van der Waals surface area contributed by atoms with Crippen LogP contribution in [0.25, 0.3) is 0 Å². The Bertz CT molecular complexity index is 493. The van der Waals surface area contributed by atoms with Gasteiger partial charge in [0.25, 0.3) is 5.24 Å². The third-order valence-electron chi connectivity index (χ3n) is 3.88. The van der Waals surface area contributed by atoms with E-state index >= 15 is 0 Å². The van der Waals surface area contributed by atoms with Gasteiger partial charge >= 0.3 is 0 Å². The molecular weight excluding hydrogens is 284 g/mol. The van der Waals surface area contributed by atoms with Crippen molar-refractivity contribution in [1.29, 1.82) is 0 Å². The van der Waals surface area contributed by atoms with Gasteiger partial charge in [0.1, 0.15) is 0 Å². The fourth-order valence-corrected chi connectivity index (χ4v) is 3.16. The molecule has 2 rings (SSSR count). The molecule has 1 aliphatic heterocycles. The molecule has 0 bridgehead atoms. The fraction of sp³-hybridized carbons (Fsp3) is 0.562. The number of β-amino-alcohol motifs (C(OH)–C–C–N with tert-alkyl or cyclic N) is 1. The topological polar surface area (TPSA) is 43.8 Å². The molecule has 0 spiro atoms. The predicted molar refractivity (Wildman–Crippen MR) is 86.4 cm³/mol. The van der Waals surface area contributed by atoms with Crippen molar-refractivity contribution in [2.24, 2.45) is 5.92 Å². The Hall–Kier alpha value is -1.04. The number of carbonyl (C=O) groups excluding carboxylic acids is 1. The summed E-state index contributed by atoms with van der Waals surface area (Å²) in [4.78, 5) is 16.6. The zero-order valence-electron chi connectivity index (χ0n) is 13.0. The Balaban J connectivity index is 1.96. The zero-order valence-corrected chi connectivity index (χ0v) is 13.8. The summed E-state index contributed by atoms with van der Waals surface area (Å²) in [6, 6.07) is 8.09. The third-order valence-corrected chi connectivity index (χ3v) is 4.91. The summed E-state index contributed by atoms with van der Waals surface area (Å²) in [7, 11) is 3.52. The van der Waals surface area contributed by atoms with Gasteiger partial charge in [-0.2, -0.15) is 0 Å². The minimum atomic E-state index is -0.230. The molecule has 1 aliphatic rings. The number of likely N-dealkylation sites (tertiary alicyclic amines) is 1. The van der Waals surface area contributed by atoms with Crippen LogP contribution in [0.5, 0.6) is 0 Å². The van der Waals surface area contributed by atoms with Gasteiger partial charge in [0.05, 0.1) is 6.10 Å². The lowest BCUT2D eigenvalue weighted by Crippen LogP contribution is -2.42. The maximum atomic E-state index is 11.7. The van der Waals surface area contributed by atoms with Crippen molar-refractivity contribution >= 4 is 17.0 Å². The van der Waals surface area contributed by atoms with E-state index in [0.717, 1.165) is 31.0 Å². The number of nitrogens with zero attached hydrogens (tertiary/aromatic N) is 2. The van der Waals surface area contributed by atoms with E-state index < -0.39 is 0 Å². The minimum absolute atomic E-state index is 0.0365. The van der Waals surface area contributed by atoms with Gasteiger partial charge in [0.15, 0.2) is 0 Å². The number of amides is 1. The first-order valence-corrected chi connectivity index (χ1v) is 8.16. The van der Waals surface area contributed by atoms with E-state index in [4.69, 9.17) is 0 Å². The number of hydrogen-bond acceptors (Lipinski definition) is 4. The second-order valence-corrected chi connectivity index (χ2v) is 7.00. The first-order valence-electron chi connectivity index (χ1n) is 7.34. The lowest BCUT2D eigenvalue weighted by molar-refractivity contribution is 0.0259. The Morgan fingerprint density at radius 1 is 1.48 bits per heavy atom. The number of aliphatic hydroxyl groups is 1. The Kier molecular flexibility index (Phi) is 5.67. The highest BCUT2D eigenvalue weighted by Gasteiger charge is 2.24. The van der Waals surface area contributed by atoms with E-state index in [1.54, 1.807) is 19.0 Å². The average Bonchev–Trinajstić information content (AvgIpc) is 2.43. The van der Waals surface area contributed by atoms with Gasteiger partial charge < -0.3 is 10.0 Å². The van der Waals surface area contributed by atoms with Crippen LogP contribution in [0.15, 0.2) is 29.2 Å². The molecule has 0 aromatic heterocycles. The molecule has 1 N–H and O–H groups in total. The first-order chi connectivity index (χ1) is 9.95. The van der Waals surface area contributed by atoms with E-state index in [0.29, 0.717) is 5.92 Å². The van der Waals surface area contributed by atoms with E-state index in [1.807, 2.05) is 12.1 Å². The molecule has 0 radical (unpaired) electrons. The smallest absolute Gasteiger partial charge is 0.285 e. The number of hydrogen-bond donors (Lipinski definition) is 1. The standard InChI is InChI=1S/C16H24N2O2S/c1-12-7-8-18(11-15(12)19)10-13-5-4-6-14(9-13)21-16(20)17(2)3/h4-6,9,12,15,19H,7-8,10-11H2,1-3H3. The van der Waals surface area contributed by atoms with Crippen molar-refractivity contribution in [2.45, 2.75) is 30.9 Å². The van der Waals surface area contributed by atoms with Gasteiger partial charge in [-0.3, -0.25) is 9.69 Å². The quantitative estimate of drug-likeness (QED) is 0.872. The zero-order chi connectivity index (χ0) is 15.4. The van der Waals surface area contributed by atoms with Crippen molar-refractivity contribution in [3.05, 3.63) is 29.8 Å². The SMILES string of the molecule is CC1CCN(Cc2cccc(SC(=O)N(C)C)c2)CC1O. The van der Waals surface area contributed by atoms with Gasteiger partial charge in [0, 0.05) is 32.1 Å². The van der Waals surface area contributed by atoms with Crippen LogP contribution in [-0.2, 0) is 6.54 Å². The highest BCUT2D eigenvalue weighted by atomic mass is 32.2. The monoisotopic (exact) mass is 308 g/mol. The number of carbonyl (C=O) groups is 1. The highest BCUT2D eigenvalue weighted by molar-refractivity contribution is 8.13. The molecule has 2 unspecified atom stereocenters. The molecule has 1 heterocycles. The predicted octanol–water partition coefficient (Wildman–Crippen LogP) is 2.66. The summed E-state index contributed by atoms with van der Waals surface area (Å²) >= 11 is 1.25. The van der Waals surface area contributed by atoms with Gasteiger partial charge in [-0.15, -0.1) is 0 Å². The van der Waals surface area contributed by atoms with Crippen molar-refractivity contribution in [1.82, 2.24) is 9.80 Å². The number of piperidine rings is 1. The molecule has 1 saturated heterocycles. The molecule has 21 heavy (non-hydrogen) atoms. The number of aliphatic hydroxyl groups excluding tert-OH is 1. The molecule has 0 saturated carbocycles. The number of benzene rings is 1. The third kappa shape index (κ3) is 4.73. The lowest BCUT2D eigenvalue weighted by Gasteiger charge is -2.34. The molecule has 2 atom stereocenters. The van der Waals surface area contributed by atoms with Gasteiger partial charge in [-0.05, 0) is 48.3 Å². The maximum Gasteiger partial charge on any atom is 0.285 e. The van der Waals surface area contributed by atoms with Gasteiger partial charge in [-0.25, -0.2) is 0 Å². The maximum absolute atomic E-state index is 11.7. The average molecular weight is 308 g/mol. The molecule has 1 aromatic carbocycles. The fourth-order valence-electron chi connectivity index (χ4n) is 2.42. The van der Waals surface area contributed by atoms with Crippen LogP contribution < -0.4 is 0 Å². The Morgan fingerprint density at radius 2 is 2.24 bits per heavy atom. The van der Waals surface area contributed by atoms with Crippen molar-refractivity contribution in [3.8, 4) is 0 Å². The molecule has 1 amide bonds. The molecule has 4 nitrogen and oxygen atoms in total. The second kappa shape index (κ2) is 7.29. The Morgan fingerprint density at radius 3 is 2.90 bits per heavy atom. The van der Waals surface area contributed by atoms with Crippen LogP contribution in [-0.4, -0.2) is 53.4 Å². The normalized spacial score (nSPS) is 23.0. The van der Waals surface area contributed by atoms with Gasteiger partial charge in [-0.1, -0.05) is 19.1 Å². The van der Waals surface area contributed by atoms with Crippen LogP contribution in [0.1, 0.15) is 18.9 Å². The van der Waals surface area contributed by atoms with Crippen molar-refractivity contribution < 1.29 is 9.90 Å².